The van der Waals surface area contributed by atoms with Gasteiger partial charge in [0.1, 0.15) is 22.8 Å². The zero-order valence-corrected chi connectivity index (χ0v) is 21.6. The highest BCUT2D eigenvalue weighted by Crippen LogP contribution is 2.40. The number of aromatic nitrogens is 3. The maximum Gasteiger partial charge on any atom is 0.185 e. The number of rotatable bonds is 6. The van der Waals surface area contributed by atoms with Crippen molar-refractivity contribution in [3.63, 3.8) is 0 Å². The predicted molar refractivity (Wildman–Crippen MR) is 139 cm³/mol. The van der Waals surface area contributed by atoms with Gasteiger partial charge in [0.25, 0.3) is 0 Å². The van der Waals surface area contributed by atoms with Gasteiger partial charge in [-0.15, -0.1) is 11.3 Å². The first-order valence-electron chi connectivity index (χ1n) is 11.1. The summed E-state index contributed by atoms with van der Waals surface area (Å²) in [5, 5.41) is 0.952. The van der Waals surface area contributed by atoms with E-state index in [1.807, 2.05) is 13.0 Å². The van der Waals surface area contributed by atoms with Gasteiger partial charge in [-0.25, -0.2) is 19.3 Å². The van der Waals surface area contributed by atoms with Crippen molar-refractivity contribution in [2.75, 3.05) is 25.1 Å². The van der Waals surface area contributed by atoms with Crippen LogP contribution in [-0.2, 0) is 6.42 Å². The fourth-order valence-corrected chi connectivity index (χ4v) is 5.99. The van der Waals surface area contributed by atoms with E-state index < -0.39 is 5.82 Å². The second-order valence-corrected chi connectivity index (χ2v) is 10.5. The number of fused-ring (bicyclic) bond motifs is 1. The fraction of sp³-hybridized carbons (Fsp3) is 0.280. The Morgan fingerprint density at radius 2 is 2.17 bits per heavy atom. The van der Waals surface area contributed by atoms with Crippen LogP contribution in [-0.4, -0.2) is 47.0 Å². The molecule has 0 spiro atoms. The molecule has 7 nitrogen and oxygen atoms in total. The summed E-state index contributed by atoms with van der Waals surface area (Å²) < 4.78 is 21.8. The number of carbonyl (C=O) groups excluding carboxylic acids is 1. The average Bonchev–Trinajstić information content (AvgIpc) is 3.44. The third kappa shape index (κ3) is 4.53. The van der Waals surface area contributed by atoms with Crippen LogP contribution in [0.15, 0.2) is 41.0 Å². The molecule has 35 heavy (non-hydrogen) atoms. The largest absolute Gasteiger partial charge is 0.496 e. The molecule has 10 heteroatoms. The highest BCUT2D eigenvalue weighted by Gasteiger charge is 2.27. The van der Waals surface area contributed by atoms with E-state index in [4.69, 9.17) is 15.5 Å². The number of nitrogens with zero attached hydrogens (tertiary/aromatic N) is 4. The Hall–Kier alpha value is -2.95. The van der Waals surface area contributed by atoms with Crippen molar-refractivity contribution in [2.24, 2.45) is 5.73 Å². The zero-order chi connectivity index (χ0) is 24.7. The molecule has 2 N–H and O–H groups in total. The minimum absolute atomic E-state index is 0.0807. The zero-order valence-electron chi connectivity index (χ0n) is 19.2. The van der Waals surface area contributed by atoms with Gasteiger partial charge in [-0.3, -0.25) is 4.79 Å². The number of hydrogen-bond acceptors (Lipinski definition) is 8. The van der Waals surface area contributed by atoms with E-state index in [0.717, 1.165) is 43.9 Å². The number of nitrogens with two attached hydrogens (primary N) is 1. The van der Waals surface area contributed by atoms with E-state index in [1.54, 1.807) is 29.5 Å². The van der Waals surface area contributed by atoms with Crippen molar-refractivity contribution in [3.05, 3.63) is 63.1 Å². The molecular weight excluding hydrogens is 533 g/mol. The second-order valence-electron chi connectivity index (χ2n) is 8.45. The van der Waals surface area contributed by atoms with E-state index in [2.05, 4.69) is 30.8 Å². The first kappa shape index (κ1) is 23.8. The minimum Gasteiger partial charge on any atom is -0.496 e. The number of hydrogen-bond donors (Lipinski definition) is 1. The van der Waals surface area contributed by atoms with E-state index >= 15 is 0 Å². The van der Waals surface area contributed by atoms with Crippen molar-refractivity contribution >= 4 is 49.0 Å². The molecule has 2 aromatic heterocycles. The molecule has 0 radical (unpaired) electrons. The van der Waals surface area contributed by atoms with Crippen molar-refractivity contribution in [3.8, 4) is 17.1 Å². The molecule has 1 aliphatic heterocycles. The Bertz CT molecular complexity index is 1440. The Balaban J connectivity index is 1.54. The minimum atomic E-state index is -0.519. The maximum absolute atomic E-state index is 14.6. The molecule has 1 saturated heterocycles. The van der Waals surface area contributed by atoms with E-state index in [-0.39, 0.29) is 35.3 Å². The Kier molecular flexibility index (Phi) is 6.52. The molecular formula is C25H23BrFN5O2S. The molecule has 1 aliphatic rings. The normalized spacial score (nSPS) is 15.7. The van der Waals surface area contributed by atoms with E-state index in [1.165, 1.54) is 19.4 Å². The first-order chi connectivity index (χ1) is 16.9. The number of thiazole rings is 1. The number of Topliss-reactive ketones (excluding diaryl/α,β-unsaturated/α-hetero) is 1. The molecule has 0 unspecified atom stereocenters. The number of anilines is 1. The highest BCUT2D eigenvalue weighted by atomic mass is 79.9. The summed E-state index contributed by atoms with van der Waals surface area (Å²) in [6.07, 6.45) is 2.45. The molecule has 2 aromatic carbocycles. The van der Waals surface area contributed by atoms with Crippen molar-refractivity contribution in [1.82, 2.24) is 15.0 Å². The van der Waals surface area contributed by atoms with Gasteiger partial charge < -0.3 is 15.4 Å². The molecule has 5 rings (SSSR count). The van der Waals surface area contributed by atoms with Gasteiger partial charge in [-0.1, -0.05) is 6.07 Å². The van der Waals surface area contributed by atoms with Gasteiger partial charge in [-0.05, 0) is 59.1 Å². The fourth-order valence-electron chi connectivity index (χ4n) is 4.46. The molecule has 180 valence electrons. The summed E-state index contributed by atoms with van der Waals surface area (Å²) in [6.45, 7) is 3.49. The lowest BCUT2D eigenvalue weighted by Gasteiger charge is -2.22. The number of methoxy groups -OCH3 is 1. The Morgan fingerprint density at radius 1 is 1.34 bits per heavy atom. The highest BCUT2D eigenvalue weighted by molar-refractivity contribution is 9.10. The quantitative estimate of drug-likeness (QED) is 0.337. The lowest BCUT2D eigenvalue weighted by molar-refractivity contribution is 0.0988. The molecule has 0 saturated carbocycles. The van der Waals surface area contributed by atoms with E-state index in [0.29, 0.717) is 12.3 Å². The van der Waals surface area contributed by atoms with Gasteiger partial charge >= 0.3 is 0 Å². The summed E-state index contributed by atoms with van der Waals surface area (Å²) in [5.74, 6) is -0.319. The van der Waals surface area contributed by atoms with Crippen molar-refractivity contribution < 1.29 is 13.9 Å². The average molecular weight is 556 g/mol. The summed E-state index contributed by atoms with van der Waals surface area (Å²) in [4.78, 5) is 29.0. The van der Waals surface area contributed by atoms with Gasteiger partial charge in [0.2, 0.25) is 0 Å². The molecule has 3 heterocycles. The summed E-state index contributed by atoms with van der Waals surface area (Å²) >= 11 is 5.27. The third-order valence-electron chi connectivity index (χ3n) is 6.03. The maximum atomic E-state index is 14.6. The van der Waals surface area contributed by atoms with Gasteiger partial charge in [0.15, 0.2) is 11.6 Å². The van der Waals surface area contributed by atoms with Crippen LogP contribution in [0, 0.1) is 12.7 Å². The lowest BCUT2D eigenvalue weighted by Crippen LogP contribution is -2.27. The molecule has 1 atom stereocenters. The van der Waals surface area contributed by atoms with Crippen LogP contribution in [0.2, 0.25) is 0 Å². The number of aryl methyl sites for hydroxylation is 1. The van der Waals surface area contributed by atoms with Crippen LogP contribution in [0.5, 0.6) is 5.75 Å². The molecule has 0 aliphatic carbocycles. The van der Waals surface area contributed by atoms with E-state index in [9.17, 15) is 9.18 Å². The topological polar surface area (TPSA) is 94.2 Å². The molecule has 0 bridgehead atoms. The second kappa shape index (κ2) is 9.60. The molecule has 0 amide bonds. The van der Waals surface area contributed by atoms with Crippen molar-refractivity contribution in [1.29, 1.82) is 0 Å². The third-order valence-corrected chi connectivity index (χ3v) is 7.92. The molecule has 1 fully saturated rings. The van der Waals surface area contributed by atoms with Gasteiger partial charge in [0, 0.05) is 36.2 Å². The lowest BCUT2D eigenvalue weighted by atomic mass is 10.0. The van der Waals surface area contributed by atoms with Crippen LogP contribution >= 0.6 is 27.3 Å². The van der Waals surface area contributed by atoms with Crippen LogP contribution in [0.4, 0.5) is 10.1 Å². The summed E-state index contributed by atoms with van der Waals surface area (Å²) in [5.41, 5.74) is 9.19. The molecule has 4 aromatic rings. The van der Waals surface area contributed by atoms with Gasteiger partial charge in [0.05, 0.1) is 28.1 Å². The summed E-state index contributed by atoms with van der Waals surface area (Å²) in [7, 11) is 1.45. The van der Waals surface area contributed by atoms with Crippen LogP contribution in [0.25, 0.3) is 21.6 Å². The van der Waals surface area contributed by atoms with Crippen LogP contribution in [0.3, 0.4) is 0 Å². The SMILES string of the molecule is COc1cccc(F)c1-c1nccc(C(=O)Cc2cc(Br)c3sc(C)nc3c2N2CC[C@H](N)C2)n1. The summed E-state index contributed by atoms with van der Waals surface area (Å²) in [6, 6.07) is 8.10. The number of carbonyl (C=O) groups is 1. The monoisotopic (exact) mass is 555 g/mol. The number of ketones is 1. The number of ether oxygens (including phenoxy) is 1. The standard InChI is InChI=1S/C25H23BrFN5O2S/c1-13-30-22-23(32-9-7-15(28)12-32)14(10-16(26)24(22)35-13)11-19(33)18-6-8-29-25(31-18)21-17(27)4-3-5-20(21)34-2/h3-6,8,10,15H,7,9,11-12,28H2,1-2H3/t15-/m0/s1. The van der Waals surface area contributed by atoms with Gasteiger partial charge in [-0.2, -0.15) is 0 Å². The first-order valence-corrected chi connectivity index (χ1v) is 12.7. The van der Waals surface area contributed by atoms with Crippen LogP contribution in [0.1, 0.15) is 27.5 Å². The predicted octanol–water partition coefficient (Wildman–Crippen LogP) is 4.93. The number of benzene rings is 2. The Morgan fingerprint density at radius 3 is 2.91 bits per heavy atom. The smallest absolute Gasteiger partial charge is 0.185 e. The van der Waals surface area contributed by atoms with Crippen molar-refractivity contribution in [2.45, 2.75) is 25.8 Å². The Labute approximate surface area is 214 Å². The van der Waals surface area contributed by atoms with Crippen LogP contribution < -0.4 is 15.4 Å². The number of halogens is 2.